The molecule has 1 aromatic rings. The second kappa shape index (κ2) is 6.79. The lowest BCUT2D eigenvalue weighted by atomic mass is 9.94. The van der Waals surface area contributed by atoms with Gasteiger partial charge in [-0.1, -0.05) is 45.9 Å². The first-order valence-electron chi connectivity index (χ1n) is 7.00. The van der Waals surface area contributed by atoms with Crippen molar-refractivity contribution in [2.75, 3.05) is 18.4 Å². The van der Waals surface area contributed by atoms with Crippen LogP contribution in [-0.4, -0.2) is 13.1 Å². The van der Waals surface area contributed by atoms with Crippen LogP contribution in [0.15, 0.2) is 18.2 Å². The third-order valence-corrected chi connectivity index (χ3v) is 3.71. The van der Waals surface area contributed by atoms with Crippen molar-refractivity contribution in [1.82, 2.24) is 0 Å². The average Bonchev–Trinajstić information content (AvgIpc) is 2.30. The minimum absolute atomic E-state index is 0.532. The van der Waals surface area contributed by atoms with Gasteiger partial charge in [0.05, 0.1) is 0 Å². The fourth-order valence-electron chi connectivity index (χ4n) is 2.24. The third-order valence-electron chi connectivity index (χ3n) is 3.71. The number of benzene rings is 1. The molecule has 0 aliphatic heterocycles. The molecule has 0 fully saturated rings. The fraction of sp³-hybridized carbons (Fsp3) is 0.625. The highest BCUT2D eigenvalue weighted by atomic mass is 14.9. The molecular weight excluding hydrogens is 220 g/mol. The Morgan fingerprint density at radius 3 is 2.33 bits per heavy atom. The molecule has 0 radical (unpaired) electrons. The van der Waals surface area contributed by atoms with E-state index in [-0.39, 0.29) is 0 Å². The molecule has 102 valence electrons. The van der Waals surface area contributed by atoms with Gasteiger partial charge in [-0.2, -0.15) is 0 Å². The van der Waals surface area contributed by atoms with Crippen molar-refractivity contribution in [3.05, 3.63) is 29.3 Å². The molecule has 1 unspecified atom stereocenters. The van der Waals surface area contributed by atoms with Crippen molar-refractivity contribution >= 4 is 5.69 Å². The highest BCUT2D eigenvalue weighted by Crippen LogP contribution is 2.27. The van der Waals surface area contributed by atoms with Crippen LogP contribution in [0.1, 0.15) is 44.7 Å². The predicted octanol–water partition coefficient (Wildman–Crippen LogP) is 3.76. The molecule has 2 nitrogen and oxygen atoms in total. The summed E-state index contributed by atoms with van der Waals surface area (Å²) in [6.07, 6.45) is 0. The van der Waals surface area contributed by atoms with Crippen LogP contribution in [0.25, 0.3) is 0 Å². The summed E-state index contributed by atoms with van der Waals surface area (Å²) in [5.41, 5.74) is 9.85. The van der Waals surface area contributed by atoms with Crippen LogP contribution in [0.2, 0.25) is 0 Å². The molecule has 0 amide bonds. The number of nitrogens with two attached hydrogens (primary N) is 1. The molecule has 0 bridgehead atoms. The summed E-state index contributed by atoms with van der Waals surface area (Å²) in [4.78, 5) is 0. The lowest BCUT2D eigenvalue weighted by molar-refractivity contribution is 0.413. The normalized spacial score (nSPS) is 13.1. The van der Waals surface area contributed by atoms with E-state index in [0.29, 0.717) is 17.8 Å². The summed E-state index contributed by atoms with van der Waals surface area (Å²) < 4.78 is 0. The van der Waals surface area contributed by atoms with E-state index in [9.17, 15) is 0 Å². The van der Waals surface area contributed by atoms with Crippen LogP contribution in [0.3, 0.4) is 0 Å². The van der Waals surface area contributed by atoms with Crippen LogP contribution in [0, 0.1) is 18.8 Å². The first-order chi connectivity index (χ1) is 8.47. The molecule has 0 saturated heterocycles. The largest absolute Gasteiger partial charge is 0.384 e. The Balaban J connectivity index is 2.83. The summed E-state index contributed by atoms with van der Waals surface area (Å²) in [6.45, 7) is 12.8. The topological polar surface area (TPSA) is 38.0 Å². The minimum atomic E-state index is 0.532. The van der Waals surface area contributed by atoms with E-state index in [1.807, 2.05) is 0 Å². The van der Waals surface area contributed by atoms with Gasteiger partial charge < -0.3 is 11.1 Å². The maximum absolute atomic E-state index is 5.83. The molecule has 1 rings (SSSR count). The zero-order valence-electron chi connectivity index (χ0n) is 12.5. The summed E-state index contributed by atoms with van der Waals surface area (Å²) in [5.74, 6) is 1.70. The third kappa shape index (κ3) is 3.74. The molecule has 1 atom stereocenters. The maximum atomic E-state index is 5.83. The highest BCUT2D eigenvalue weighted by molar-refractivity contribution is 5.58. The van der Waals surface area contributed by atoms with E-state index in [4.69, 9.17) is 5.73 Å². The van der Waals surface area contributed by atoms with Crippen LogP contribution in [0.5, 0.6) is 0 Å². The maximum Gasteiger partial charge on any atom is 0.0405 e. The van der Waals surface area contributed by atoms with Crippen LogP contribution in [-0.2, 0) is 0 Å². The second-order valence-electron chi connectivity index (χ2n) is 5.81. The van der Waals surface area contributed by atoms with Crippen LogP contribution in [0.4, 0.5) is 5.69 Å². The van der Waals surface area contributed by atoms with E-state index in [2.05, 4.69) is 58.1 Å². The molecule has 0 spiro atoms. The first-order valence-corrected chi connectivity index (χ1v) is 7.00. The Hall–Kier alpha value is -1.02. The Morgan fingerprint density at radius 2 is 1.83 bits per heavy atom. The Labute approximate surface area is 112 Å². The summed E-state index contributed by atoms with van der Waals surface area (Å²) in [5, 5.41) is 3.62. The van der Waals surface area contributed by atoms with E-state index < -0.39 is 0 Å². The first kappa shape index (κ1) is 15.0. The van der Waals surface area contributed by atoms with Gasteiger partial charge in [0.2, 0.25) is 0 Å². The van der Waals surface area contributed by atoms with Crippen molar-refractivity contribution in [2.24, 2.45) is 17.6 Å². The Bertz CT molecular complexity index is 369. The standard InChI is InChI=1S/C16H28N2/c1-11(2)14(9-17)10-18-16-13(5)7-6-8-15(16)12(3)4/h6-8,11-12,14,18H,9-10,17H2,1-5H3. The Kier molecular flexibility index (Phi) is 5.67. The van der Waals surface area contributed by atoms with Gasteiger partial charge in [-0.05, 0) is 42.3 Å². The number of rotatable bonds is 6. The quantitative estimate of drug-likeness (QED) is 0.804. The minimum Gasteiger partial charge on any atom is -0.384 e. The number of hydrogen-bond acceptors (Lipinski definition) is 2. The van der Waals surface area contributed by atoms with Gasteiger partial charge >= 0.3 is 0 Å². The number of anilines is 1. The van der Waals surface area contributed by atoms with Crippen molar-refractivity contribution in [3.8, 4) is 0 Å². The van der Waals surface area contributed by atoms with Gasteiger partial charge in [0, 0.05) is 12.2 Å². The van der Waals surface area contributed by atoms with Gasteiger partial charge in [-0.3, -0.25) is 0 Å². The molecule has 1 aromatic carbocycles. The number of nitrogens with one attached hydrogen (secondary N) is 1. The number of hydrogen-bond donors (Lipinski definition) is 2. The molecule has 0 heterocycles. The van der Waals surface area contributed by atoms with Crippen LogP contribution < -0.4 is 11.1 Å². The smallest absolute Gasteiger partial charge is 0.0405 e. The summed E-state index contributed by atoms with van der Waals surface area (Å²) in [6, 6.07) is 6.52. The molecule has 0 aliphatic carbocycles. The average molecular weight is 248 g/mol. The number of aryl methyl sites for hydroxylation is 1. The zero-order chi connectivity index (χ0) is 13.7. The van der Waals surface area contributed by atoms with Crippen molar-refractivity contribution in [3.63, 3.8) is 0 Å². The second-order valence-corrected chi connectivity index (χ2v) is 5.81. The highest BCUT2D eigenvalue weighted by Gasteiger charge is 2.13. The zero-order valence-corrected chi connectivity index (χ0v) is 12.5. The number of para-hydroxylation sites is 1. The molecular formula is C16H28N2. The lowest BCUT2D eigenvalue weighted by Gasteiger charge is -2.23. The molecule has 18 heavy (non-hydrogen) atoms. The predicted molar refractivity (Wildman–Crippen MR) is 81.1 cm³/mol. The molecule has 0 saturated carbocycles. The summed E-state index contributed by atoms with van der Waals surface area (Å²) in [7, 11) is 0. The van der Waals surface area contributed by atoms with Crippen molar-refractivity contribution in [2.45, 2.75) is 40.5 Å². The summed E-state index contributed by atoms with van der Waals surface area (Å²) >= 11 is 0. The molecule has 0 aromatic heterocycles. The molecule has 0 aliphatic rings. The van der Waals surface area contributed by atoms with E-state index >= 15 is 0 Å². The molecule has 2 heteroatoms. The van der Waals surface area contributed by atoms with Crippen molar-refractivity contribution in [1.29, 1.82) is 0 Å². The van der Waals surface area contributed by atoms with E-state index in [1.54, 1.807) is 0 Å². The SMILES string of the molecule is Cc1cccc(C(C)C)c1NCC(CN)C(C)C. The van der Waals surface area contributed by atoms with E-state index in [1.165, 1.54) is 16.8 Å². The molecule has 3 N–H and O–H groups in total. The van der Waals surface area contributed by atoms with Gasteiger partial charge in [0.1, 0.15) is 0 Å². The van der Waals surface area contributed by atoms with Crippen LogP contribution >= 0.6 is 0 Å². The van der Waals surface area contributed by atoms with Gasteiger partial charge in [-0.15, -0.1) is 0 Å². The van der Waals surface area contributed by atoms with Gasteiger partial charge in [-0.25, -0.2) is 0 Å². The Morgan fingerprint density at radius 1 is 1.17 bits per heavy atom. The monoisotopic (exact) mass is 248 g/mol. The lowest BCUT2D eigenvalue weighted by Crippen LogP contribution is -2.27. The van der Waals surface area contributed by atoms with Gasteiger partial charge in [0.15, 0.2) is 0 Å². The van der Waals surface area contributed by atoms with Crippen molar-refractivity contribution < 1.29 is 0 Å². The van der Waals surface area contributed by atoms with Gasteiger partial charge in [0.25, 0.3) is 0 Å². The van der Waals surface area contributed by atoms with E-state index in [0.717, 1.165) is 13.1 Å². The fourth-order valence-corrected chi connectivity index (χ4v) is 2.24.